The standard InChI is InChI=1S/C54H72N8O13/c1-10-30(3)43-49(67)56-36(27-40(55)63)51(68)62-26-18-23-39(62)48(66)59-42(46(73-9)35-21-16-13-17-22-35)54(72)75-45(38-29-74-50(58-38)32(5)24-25-34-19-14-12-15-20-34)33(6)47(65)57-37(53(70)71)28-41(64)60(7)44(31(4)11-2)52(69)61(43)8/h12-17,19-22,24,29-31,33,36-37,39,42-46H,10-11,18,23,25-28H2,1-9H3,(H2,55,63)(H,56,67)(H,57,65)(H,59,66)(H,70,71). The van der Waals surface area contributed by atoms with E-state index in [1.807, 2.05) is 36.4 Å². The van der Waals surface area contributed by atoms with E-state index in [2.05, 4.69) is 20.9 Å². The molecule has 2 aliphatic heterocycles. The summed E-state index contributed by atoms with van der Waals surface area (Å²) in [6, 6.07) is 9.03. The second-order valence-electron chi connectivity index (χ2n) is 19.5. The molecule has 0 radical (unpaired) electrons. The number of carboxylic acids is 1. The molecule has 2 aliphatic rings. The monoisotopic (exact) mass is 1040 g/mol. The lowest BCUT2D eigenvalue weighted by Crippen LogP contribution is -2.61. The lowest BCUT2D eigenvalue weighted by atomic mass is 9.92. The van der Waals surface area contributed by atoms with Gasteiger partial charge in [-0.1, -0.05) is 107 Å². The third kappa shape index (κ3) is 14.5. The lowest BCUT2D eigenvalue weighted by molar-refractivity contribution is -0.163. The molecule has 406 valence electrons. The summed E-state index contributed by atoms with van der Waals surface area (Å²) in [5.41, 5.74) is 7.61. The molecule has 75 heavy (non-hydrogen) atoms. The second-order valence-corrected chi connectivity index (χ2v) is 19.5. The molecule has 21 nitrogen and oxygen atoms in total. The predicted octanol–water partition coefficient (Wildman–Crippen LogP) is 3.48. The summed E-state index contributed by atoms with van der Waals surface area (Å²) in [6.45, 7) is 10.1. The first-order valence-electron chi connectivity index (χ1n) is 25.3. The average molecular weight is 1040 g/mol. The van der Waals surface area contributed by atoms with Crippen LogP contribution in [-0.4, -0.2) is 142 Å². The van der Waals surface area contributed by atoms with Crippen molar-refractivity contribution in [2.45, 2.75) is 135 Å². The van der Waals surface area contributed by atoms with Gasteiger partial charge in [-0.25, -0.2) is 14.6 Å². The highest BCUT2D eigenvalue weighted by Gasteiger charge is 2.46. The predicted molar refractivity (Wildman–Crippen MR) is 273 cm³/mol. The van der Waals surface area contributed by atoms with E-state index in [0.717, 1.165) is 10.5 Å². The summed E-state index contributed by atoms with van der Waals surface area (Å²) in [5.74, 6) is -11.1. The van der Waals surface area contributed by atoms with Crippen molar-refractivity contribution in [1.82, 2.24) is 35.6 Å². The van der Waals surface area contributed by atoms with Gasteiger partial charge in [0.15, 0.2) is 12.1 Å². The highest BCUT2D eigenvalue weighted by atomic mass is 16.6. The maximum atomic E-state index is 15.0. The van der Waals surface area contributed by atoms with Crippen LogP contribution in [0.15, 0.2) is 77.4 Å². The fourth-order valence-electron chi connectivity index (χ4n) is 9.48. The summed E-state index contributed by atoms with van der Waals surface area (Å²) in [7, 11) is 4.00. The molecule has 11 unspecified atom stereocenters. The Labute approximate surface area is 437 Å². The number of hydrogen-bond acceptors (Lipinski definition) is 13. The van der Waals surface area contributed by atoms with Crippen molar-refractivity contribution >= 4 is 58.9 Å². The molecule has 0 saturated carbocycles. The number of aromatic nitrogens is 1. The minimum absolute atomic E-state index is 0.00737. The maximum absolute atomic E-state index is 15.0. The Balaban J connectivity index is 1.67. The molecular weight excluding hydrogens is 969 g/mol. The first-order chi connectivity index (χ1) is 35.6. The van der Waals surface area contributed by atoms with E-state index < -0.39 is 132 Å². The van der Waals surface area contributed by atoms with E-state index in [1.165, 1.54) is 44.2 Å². The molecule has 0 bridgehead atoms. The number of nitrogens with one attached hydrogen (secondary N) is 3. The van der Waals surface area contributed by atoms with Gasteiger partial charge >= 0.3 is 11.9 Å². The van der Waals surface area contributed by atoms with Gasteiger partial charge in [0.1, 0.15) is 48.3 Å². The summed E-state index contributed by atoms with van der Waals surface area (Å²) in [5, 5.41) is 18.3. The summed E-state index contributed by atoms with van der Waals surface area (Å²) >= 11 is 0. The van der Waals surface area contributed by atoms with E-state index in [4.69, 9.17) is 19.6 Å². The molecule has 3 heterocycles. The molecular formula is C54H72N8O13. The van der Waals surface area contributed by atoms with Gasteiger partial charge in [0.25, 0.3) is 0 Å². The van der Waals surface area contributed by atoms with Gasteiger partial charge in [-0.15, -0.1) is 0 Å². The van der Waals surface area contributed by atoms with Crippen LogP contribution in [0, 0.1) is 17.8 Å². The van der Waals surface area contributed by atoms with Crippen LogP contribution in [0.1, 0.15) is 115 Å². The second kappa shape index (κ2) is 26.7. The van der Waals surface area contributed by atoms with Crippen molar-refractivity contribution in [3.05, 3.63) is 95.7 Å². The van der Waals surface area contributed by atoms with E-state index in [1.54, 1.807) is 65.0 Å². The lowest BCUT2D eigenvalue weighted by Gasteiger charge is -2.39. The van der Waals surface area contributed by atoms with Gasteiger partial charge in [0.05, 0.1) is 18.8 Å². The Morgan fingerprint density at radius 3 is 2.09 bits per heavy atom. The van der Waals surface area contributed by atoms with Crippen molar-refractivity contribution < 1.29 is 62.1 Å². The number of cyclic esters (lactones) is 1. The van der Waals surface area contributed by atoms with Crippen molar-refractivity contribution in [2.24, 2.45) is 23.5 Å². The van der Waals surface area contributed by atoms with Gasteiger partial charge in [-0.3, -0.25) is 33.6 Å². The number of rotatable bonds is 14. The number of carboxylic acid groups (broad SMARTS) is 1. The SMILES string of the molecule is CCC(C)C1C(=O)N(C)C(C(C)CC)C(=O)NC(CC(N)=O)C(=O)N2CCCC2C(=O)NC(C(OC)c2ccccc2)C(=O)OC(c2coc(C(C)=CCc3ccccc3)n2)C(C)C(=O)NC(C(=O)O)CC(=O)N1C. The molecule has 7 amide bonds. The van der Waals surface area contributed by atoms with Crippen LogP contribution in [0.25, 0.3) is 5.57 Å². The van der Waals surface area contributed by atoms with Crippen LogP contribution >= 0.6 is 0 Å². The minimum Gasteiger partial charge on any atom is -0.480 e. The van der Waals surface area contributed by atoms with Gasteiger partial charge in [-0.05, 0) is 56.1 Å². The Morgan fingerprint density at radius 1 is 0.867 bits per heavy atom. The number of nitrogens with zero attached hydrogens (tertiary/aromatic N) is 4. The average Bonchev–Trinajstić information content (AvgIpc) is 4.10. The Morgan fingerprint density at radius 2 is 1.49 bits per heavy atom. The van der Waals surface area contributed by atoms with Gasteiger partial charge < -0.3 is 55.4 Å². The number of benzene rings is 2. The number of likely N-dealkylation sites (N-methyl/N-ethyl adjacent to an activating group) is 2. The Bertz CT molecular complexity index is 2550. The number of methoxy groups -OCH3 is 1. The third-order valence-corrected chi connectivity index (χ3v) is 14.3. The summed E-state index contributed by atoms with van der Waals surface area (Å²) in [6.07, 6.45) is 0.302. The van der Waals surface area contributed by atoms with Crippen LogP contribution in [0.2, 0.25) is 0 Å². The largest absolute Gasteiger partial charge is 0.480 e. The molecule has 2 saturated heterocycles. The zero-order valence-corrected chi connectivity index (χ0v) is 44.1. The van der Waals surface area contributed by atoms with E-state index in [9.17, 15) is 48.3 Å². The number of fused-ring (bicyclic) bond motifs is 1. The first-order valence-corrected chi connectivity index (χ1v) is 25.3. The molecule has 6 N–H and O–H groups in total. The molecule has 5 rings (SSSR count). The van der Waals surface area contributed by atoms with Crippen molar-refractivity contribution in [2.75, 3.05) is 27.7 Å². The summed E-state index contributed by atoms with van der Waals surface area (Å²) in [4.78, 5) is 136. The molecule has 11 atom stereocenters. The van der Waals surface area contributed by atoms with Gasteiger partial charge in [0, 0.05) is 33.3 Å². The summed E-state index contributed by atoms with van der Waals surface area (Å²) < 4.78 is 18.0. The van der Waals surface area contributed by atoms with Crippen LogP contribution in [0.4, 0.5) is 0 Å². The molecule has 0 spiro atoms. The highest BCUT2D eigenvalue weighted by Crippen LogP contribution is 2.32. The molecule has 0 aliphatic carbocycles. The molecule has 2 aromatic carbocycles. The zero-order valence-electron chi connectivity index (χ0n) is 44.1. The Kier molecular flexibility index (Phi) is 20.8. The topological polar surface area (TPSA) is 290 Å². The van der Waals surface area contributed by atoms with E-state index >= 15 is 0 Å². The van der Waals surface area contributed by atoms with Crippen LogP contribution in [0.5, 0.6) is 0 Å². The first kappa shape index (κ1) is 58.5. The normalized spacial score (nSPS) is 25.6. The maximum Gasteiger partial charge on any atom is 0.332 e. The smallest absolute Gasteiger partial charge is 0.332 e. The van der Waals surface area contributed by atoms with Crippen molar-refractivity contribution in [1.29, 1.82) is 0 Å². The van der Waals surface area contributed by atoms with Crippen molar-refractivity contribution in [3.8, 4) is 0 Å². The molecule has 1 aromatic heterocycles. The number of ether oxygens (including phenoxy) is 2. The van der Waals surface area contributed by atoms with Crippen LogP contribution < -0.4 is 21.7 Å². The van der Waals surface area contributed by atoms with E-state index in [-0.39, 0.29) is 24.6 Å². The van der Waals surface area contributed by atoms with Gasteiger partial charge in [-0.2, -0.15) is 0 Å². The number of carbonyl (C=O) groups excluding carboxylic acids is 8. The van der Waals surface area contributed by atoms with Gasteiger partial charge in [0.2, 0.25) is 47.2 Å². The molecule has 3 aromatic rings. The van der Waals surface area contributed by atoms with E-state index in [0.29, 0.717) is 36.8 Å². The fourth-order valence-corrected chi connectivity index (χ4v) is 9.48. The zero-order chi connectivity index (χ0) is 55.3. The number of primary amides is 1. The Hall–Kier alpha value is -7.42. The number of carbonyl (C=O) groups is 9. The van der Waals surface area contributed by atoms with Crippen LogP contribution in [-0.2, 0) is 59.0 Å². The minimum atomic E-state index is -1.87. The number of oxazole rings is 1. The number of nitrogens with two attached hydrogens (primary N) is 1. The van der Waals surface area contributed by atoms with Crippen molar-refractivity contribution in [3.63, 3.8) is 0 Å². The number of allylic oxidation sites excluding steroid dienone is 2. The molecule has 21 heteroatoms. The van der Waals surface area contributed by atoms with Crippen LogP contribution in [0.3, 0.4) is 0 Å². The molecule has 2 fully saturated rings. The highest BCUT2D eigenvalue weighted by molar-refractivity contribution is 5.98. The number of aliphatic carboxylic acids is 1. The fraction of sp³-hybridized carbons (Fsp3) is 0.519. The number of esters is 1. The number of amides is 7. The number of hydrogen-bond donors (Lipinski definition) is 5. The quantitative estimate of drug-likeness (QED) is 0.145. The third-order valence-electron chi connectivity index (χ3n) is 14.3.